The number of rotatable bonds is 7. The molecule has 2 aliphatic rings. The summed E-state index contributed by atoms with van der Waals surface area (Å²) in [6, 6.07) is 10.2. The van der Waals surface area contributed by atoms with Crippen LogP contribution in [0.3, 0.4) is 0 Å². The van der Waals surface area contributed by atoms with Gasteiger partial charge in [-0.25, -0.2) is 19.3 Å². The Morgan fingerprint density at radius 3 is 2.73 bits per heavy atom. The van der Waals surface area contributed by atoms with Gasteiger partial charge in [0.15, 0.2) is 11.0 Å². The van der Waals surface area contributed by atoms with Crippen LogP contribution < -0.4 is 9.47 Å². The molecule has 30 heavy (non-hydrogen) atoms. The van der Waals surface area contributed by atoms with Gasteiger partial charge in [-0.2, -0.15) is 0 Å². The van der Waals surface area contributed by atoms with E-state index in [1.54, 1.807) is 38.9 Å². The first kappa shape index (κ1) is 20.4. The Morgan fingerprint density at radius 2 is 1.97 bits per heavy atom. The first-order chi connectivity index (χ1) is 14.6. The lowest BCUT2D eigenvalue weighted by molar-refractivity contribution is 0.394. The van der Waals surface area contributed by atoms with E-state index in [9.17, 15) is 4.39 Å². The minimum Gasteiger partial charge on any atom is -0.497 e. The second kappa shape index (κ2) is 8.89. The maximum Gasteiger partial charge on any atom is 0.195 e. The summed E-state index contributed by atoms with van der Waals surface area (Å²) in [6.07, 6.45) is 3.81. The van der Waals surface area contributed by atoms with Crippen molar-refractivity contribution in [2.75, 3.05) is 14.2 Å². The number of imidazole rings is 1. The van der Waals surface area contributed by atoms with E-state index in [0.717, 1.165) is 10.6 Å². The second-order valence-corrected chi connectivity index (χ2v) is 7.85. The van der Waals surface area contributed by atoms with Crippen molar-refractivity contribution < 1.29 is 13.9 Å². The summed E-state index contributed by atoms with van der Waals surface area (Å²) in [5.74, 6) is 1.79. The molecule has 0 unspecified atom stereocenters. The molecule has 0 N–H and O–H groups in total. The molecule has 2 aromatic carbocycles. The molecule has 6 nitrogen and oxygen atoms in total. The van der Waals surface area contributed by atoms with Gasteiger partial charge in [0.2, 0.25) is 0 Å². The molecule has 0 saturated heterocycles. The molecular formula is C21H18ClFN4O2S. The van der Waals surface area contributed by atoms with E-state index < -0.39 is 0 Å². The van der Waals surface area contributed by atoms with Crippen molar-refractivity contribution in [3.05, 3.63) is 65.3 Å². The molecule has 0 radical (unpaired) electrons. The van der Waals surface area contributed by atoms with Crippen molar-refractivity contribution in [3.8, 4) is 23.0 Å². The van der Waals surface area contributed by atoms with Crippen molar-refractivity contribution in [3.63, 3.8) is 0 Å². The highest BCUT2D eigenvalue weighted by Crippen LogP contribution is 2.37. The van der Waals surface area contributed by atoms with E-state index in [1.807, 2.05) is 22.8 Å². The highest BCUT2D eigenvalue weighted by atomic mass is 35.5. The van der Waals surface area contributed by atoms with Crippen LogP contribution in [0.2, 0.25) is 5.02 Å². The van der Waals surface area contributed by atoms with Crippen LogP contribution in [-0.2, 0) is 13.0 Å². The van der Waals surface area contributed by atoms with E-state index in [1.165, 1.54) is 17.8 Å². The number of nitrogens with zero attached hydrogens (tertiary/aromatic N) is 4. The van der Waals surface area contributed by atoms with E-state index in [-0.39, 0.29) is 5.82 Å². The Kier molecular flexibility index (Phi) is 6.06. The third-order valence-corrected chi connectivity index (χ3v) is 5.67. The van der Waals surface area contributed by atoms with Crippen LogP contribution in [-0.4, -0.2) is 33.7 Å². The summed E-state index contributed by atoms with van der Waals surface area (Å²) in [5.41, 5.74) is 1.25. The molecule has 2 heterocycles. The number of hydrogen-bond acceptors (Lipinski definition) is 6. The molecule has 0 aliphatic carbocycles. The monoisotopic (exact) mass is 444 g/mol. The lowest BCUT2D eigenvalue weighted by Gasteiger charge is -2.10. The lowest BCUT2D eigenvalue weighted by atomic mass is 10.1. The van der Waals surface area contributed by atoms with Gasteiger partial charge in [-0.15, -0.1) is 0 Å². The maximum absolute atomic E-state index is 14.1. The zero-order valence-electron chi connectivity index (χ0n) is 16.3. The Morgan fingerprint density at radius 1 is 1.10 bits per heavy atom. The topological polar surface area (TPSA) is 62.1 Å². The normalized spacial score (nSPS) is 11.1. The fourth-order valence-electron chi connectivity index (χ4n) is 3.00. The number of methoxy groups -OCH3 is 2. The molecular weight excluding hydrogens is 427 g/mol. The van der Waals surface area contributed by atoms with Gasteiger partial charge in [-0.1, -0.05) is 17.7 Å². The van der Waals surface area contributed by atoms with Gasteiger partial charge >= 0.3 is 0 Å². The first-order valence-electron chi connectivity index (χ1n) is 9.09. The molecule has 2 aliphatic heterocycles. The first-order valence-corrected chi connectivity index (χ1v) is 10.3. The zero-order valence-corrected chi connectivity index (χ0v) is 17.9. The van der Waals surface area contributed by atoms with Gasteiger partial charge in [0.25, 0.3) is 0 Å². The molecule has 9 heteroatoms. The van der Waals surface area contributed by atoms with Crippen LogP contribution in [0, 0.1) is 5.82 Å². The zero-order chi connectivity index (χ0) is 21.1. The number of halogens is 2. The van der Waals surface area contributed by atoms with Gasteiger partial charge in [0, 0.05) is 11.6 Å². The number of fused-ring (bicyclic) bond motifs is 1. The molecule has 2 aromatic rings. The smallest absolute Gasteiger partial charge is 0.195 e. The largest absolute Gasteiger partial charge is 0.497 e. The van der Waals surface area contributed by atoms with E-state index in [2.05, 4.69) is 15.0 Å². The van der Waals surface area contributed by atoms with Crippen LogP contribution in [0.5, 0.6) is 11.5 Å². The van der Waals surface area contributed by atoms with Crippen LogP contribution >= 0.6 is 23.4 Å². The van der Waals surface area contributed by atoms with Crippen LogP contribution in [0.4, 0.5) is 4.39 Å². The Bertz CT molecular complexity index is 1150. The van der Waals surface area contributed by atoms with E-state index in [0.29, 0.717) is 46.0 Å². The number of aryl methyl sites for hydroxylation is 2. The van der Waals surface area contributed by atoms with Gasteiger partial charge in [-0.05, 0) is 54.1 Å². The number of benzene rings is 2. The molecule has 0 fully saturated rings. The summed E-state index contributed by atoms with van der Waals surface area (Å²) in [4.78, 5) is 14.3. The van der Waals surface area contributed by atoms with E-state index >= 15 is 0 Å². The predicted octanol–water partition coefficient (Wildman–Crippen LogP) is 4.98. The molecule has 154 valence electrons. The van der Waals surface area contributed by atoms with Crippen molar-refractivity contribution in [1.82, 2.24) is 19.5 Å². The molecule has 0 saturated carbocycles. The highest BCUT2D eigenvalue weighted by molar-refractivity contribution is 7.99. The van der Waals surface area contributed by atoms with Gasteiger partial charge in [0.1, 0.15) is 23.0 Å². The van der Waals surface area contributed by atoms with Crippen LogP contribution in [0.25, 0.3) is 11.5 Å². The van der Waals surface area contributed by atoms with Crippen LogP contribution in [0.15, 0.2) is 59.0 Å². The predicted molar refractivity (Wildman–Crippen MR) is 113 cm³/mol. The summed E-state index contributed by atoms with van der Waals surface area (Å²) >= 11 is 7.21. The summed E-state index contributed by atoms with van der Waals surface area (Å²) in [5, 5.41) is 0.945. The minimum atomic E-state index is -0.321. The SMILES string of the molecule is COc1ccc(OC)c(Sc2nc3cncn(CCc4ccc(Cl)cc4F)c-3n2)c1. The molecule has 0 atom stereocenters. The quantitative estimate of drug-likeness (QED) is 0.400. The molecule has 4 rings (SSSR count). The fraction of sp³-hybridized carbons (Fsp3) is 0.190. The van der Waals surface area contributed by atoms with Crippen LogP contribution in [0.1, 0.15) is 5.56 Å². The lowest BCUT2D eigenvalue weighted by Crippen LogP contribution is -2.08. The number of ether oxygens (including phenoxy) is 2. The maximum atomic E-state index is 14.1. The van der Waals surface area contributed by atoms with Crippen molar-refractivity contribution >= 4 is 23.4 Å². The molecule has 0 amide bonds. The van der Waals surface area contributed by atoms with Gasteiger partial charge in [0.05, 0.1) is 31.6 Å². The third-order valence-electron chi connectivity index (χ3n) is 4.53. The molecule has 0 spiro atoms. The fourth-order valence-corrected chi connectivity index (χ4v) is 4.06. The summed E-state index contributed by atoms with van der Waals surface area (Å²) in [7, 11) is 3.23. The highest BCUT2D eigenvalue weighted by Gasteiger charge is 2.18. The van der Waals surface area contributed by atoms with Gasteiger partial charge < -0.3 is 14.0 Å². The number of hydrogen-bond donors (Lipinski definition) is 0. The second-order valence-electron chi connectivity index (χ2n) is 6.41. The summed E-state index contributed by atoms with van der Waals surface area (Å²) < 4.78 is 26.7. The Balaban J connectivity index is 1.58. The Hall–Kier alpha value is -2.84. The average Bonchev–Trinajstić information content (AvgIpc) is 3.16. The molecule has 0 bridgehead atoms. The molecule has 0 aromatic heterocycles. The average molecular weight is 445 g/mol. The standard InChI is InChI=1S/C21H18ClFN4O2S/c1-28-15-5-6-18(29-2)19(10-15)30-21-25-17-11-24-12-27(20(17)26-21)8-7-13-3-4-14(22)9-16(13)23/h3-6,9-12H,7-8H2,1-2H3. The number of aromatic nitrogens is 4. The minimum absolute atomic E-state index is 0.321. The van der Waals surface area contributed by atoms with E-state index in [4.69, 9.17) is 21.1 Å². The van der Waals surface area contributed by atoms with Gasteiger partial charge in [-0.3, -0.25) is 0 Å². The third kappa shape index (κ3) is 4.34. The van der Waals surface area contributed by atoms with Crippen molar-refractivity contribution in [1.29, 1.82) is 0 Å². The summed E-state index contributed by atoms with van der Waals surface area (Å²) in [6.45, 7) is 0.508. The Labute approximate surface area is 182 Å². The van der Waals surface area contributed by atoms with Crippen molar-refractivity contribution in [2.45, 2.75) is 23.0 Å². The van der Waals surface area contributed by atoms with Crippen molar-refractivity contribution in [2.24, 2.45) is 0 Å².